The van der Waals surface area contributed by atoms with E-state index in [9.17, 15) is 13.2 Å². The molecule has 7 heteroatoms. The second kappa shape index (κ2) is 6.79. The molecule has 1 aliphatic heterocycles. The smallest absolute Gasteiger partial charge is 0.315 e. The highest BCUT2D eigenvalue weighted by Crippen LogP contribution is 2.25. The average Bonchev–Trinajstić information content (AvgIpc) is 2.97. The van der Waals surface area contributed by atoms with E-state index in [1.54, 1.807) is 11.3 Å². The summed E-state index contributed by atoms with van der Waals surface area (Å²) in [4.78, 5) is 13.2. The number of thiophene rings is 1. The number of carbonyl (C=O) groups excluding carboxylic acids is 1. The van der Waals surface area contributed by atoms with Crippen molar-refractivity contribution < 1.29 is 13.2 Å². The van der Waals surface area contributed by atoms with Crippen LogP contribution in [0.3, 0.4) is 0 Å². The molecule has 0 aliphatic carbocycles. The highest BCUT2D eigenvalue weighted by atomic mass is 32.2. The van der Waals surface area contributed by atoms with E-state index >= 15 is 0 Å². The molecular formula is C14H22N2O3S2. The van der Waals surface area contributed by atoms with Crippen LogP contribution in [0.2, 0.25) is 0 Å². The highest BCUT2D eigenvalue weighted by molar-refractivity contribution is 7.91. The number of carbonyl (C=O) groups is 1. The zero-order valence-corrected chi connectivity index (χ0v) is 14.0. The summed E-state index contributed by atoms with van der Waals surface area (Å²) in [6.45, 7) is 4.23. The van der Waals surface area contributed by atoms with Crippen LogP contribution in [0.4, 0.5) is 4.79 Å². The fraction of sp³-hybridized carbons (Fsp3) is 0.643. The van der Waals surface area contributed by atoms with E-state index in [0.29, 0.717) is 12.3 Å². The van der Waals surface area contributed by atoms with E-state index in [1.807, 2.05) is 17.5 Å². The van der Waals surface area contributed by atoms with Crippen molar-refractivity contribution in [2.45, 2.75) is 38.8 Å². The largest absolute Gasteiger partial charge is 0.334 e. The molecule has 0 bridgehead atoms. The summed E-state index contributed by atoms with van der Waals surface area (Å²) in [5.74, 6) is 0.677. The Labute approximate surface area is 130 Å². The molecule has 1 saturated heterocycles. The lowest BCUT2D eigenvalue weighted by Gasteiger charge is -2.21. The molecule has 2 atom stereocenters. The highest BCUT2D eigenvalue weighted by Gasteiger charge is 2.29. The first-order chi connectivity index (χ1) is 9.85. The Morgan fingerprint density at radius 2 is 2.24 bits per heavy atom. The first-order valence-electron chi connectivity index (χ1n) is 7.16. The summed E-state index contributed by atoms with van der Waals surface area (Å²) in [6.07, 6.45) is 1.36. The topological polar surface area (TPSA) is 75.3 Å². The molecule has 0 aromatic carbocycles. The van der Waals surface area contributed by atoms with E-state index in [-0.39, 0.29) is 29.6 Å². The molecule has 21 heavy (non-hydrogen) atoms. The third kappa shape index (κ3) is 5.00. The van der Waals surface area contributed by atoms with Gasteiger partial charge in [-0.2, -0.15) is 0 Å². The summed E-state index contributed by atoms with van der Waals surface area (Å²) in [7, 11) is -2.97. The molecule has 1 fully saturated rings. The normalized spacial score (nSPS) is 22.1. The number of hydrogen-bond donors (Lipinski definition) is 2. The maximum atomic E-state index is 12.1. The van der Waals surface area contributed by atoms with Gasteiger partial charge in [0, 0.05) is 10.9 Å². The fourth-order valence-electron chi connectivity index (χ4n) is 2.50. The van der Waals surface area contributed by atoms with Crippen molar-refractivity contribution in [3.63, 3.8) is 0 Å². The Bertz CT molecular complexity index is 567. The van der Waals surface area contributed by atoms with Crippen molar-refractivity contribution in [3.8, 4) is 0 Å². The third-order valence-corrected chi connectivity index (χ3v) is 6.22. The number of urea groups is 1. The van der Waals surface area contributed by atoms with Gasteiger partial charge in [0.15, 0.2) is 9.84 Å². The van der Waals surface area contributed by atoms with Gasteiger partial charge in [-0.25, -0.2) is 13.2 Å². The molecule has 0 saturated carbocycles. The van der Waals surface area contributed by atoms with Gasteiger partial charge in [-0.1, -0.05) is 19.9 Å². The molecule has 2 heterocycles. The third-order valence-electron chi connectivity index (χ3n) is 3.47. The Balaban J connectivity index is 1.92. The average molecular weight is 330 g/mol. The Morgan fingerprint density at radius 1 is 1.48 bits per heavy atom. The van der Waals surface area contributed by atoms with Crippen LogP contribution in [0.1, 0.15) is 37.6 Å². The molecule has 118 valence electrons. The number of rotatable bonds is 5. The van der Waals surface area contributed by atoms with Crippen LogP contribution >= 0.6 is 11.3 Å². The number of nitrogens with one attached hydrogen (secondary N) is 2. The molecule has 5 nitrogen and oxygen atoms in total. The number of amides is 2. The minimum absolute atomic E-state index is 0.0250. The zero-order valence-electron chi connectivity index (χ0n) is 12.3. The maximum Gasteiger partial charge on any atom is 0.315 e. The van der Waals surface area contributed by atoms with E-state index in [4.69, 9.17) is 0 Å². The molecule has 0 unspecified atom stereocenters. The Morgan fingerprint density at radius 3 is 2.76 bits per heavy atom. The molecule has 0 spiro atoms. The van der Waals surface area contributed by atoms with Gasteiger partial charge >= 0.3 is 6.03 Å². The van der Waals surface area contributed by atoms with E-state index < -0.39 is 9.84 Å². The lowest BCUT2D eigenvalue weighted by Crippen LogP contribution is -2.44. The van der Waals surface area contributed by atoms with E-state index in [1.165, 1.54) is 0 Å². The summed E-state index contributed by atoms with van der Waals surface area (Å²) >= 11 is 1.62. The SMILES string of the molecule is CC(C)C[C@H](NC(=O)N[C@@H]1CCS(=O)(=O)C1)c1cccs1. The summed E-state index contributed by atoms with van der Waals surface area (Å²) in [5.41, 5.74) is 0. The van der Waals surface area contributed by atoms with Gasteiger partial charge in [-0.05, 0) is 30.2 Å². The van der Waals surface area contributed by atoms with Gasteiger partial charge in [0.05, 0.1) is 17.5 Å². The van der Waals surface area contributed by atoms with Crippen LogP contribution in [-0.4, -0.2) is 32.0 Å². The Kier molecular flexibility index (Phi) is 5.27. The van der Waals surface area contributed by atoms with Gasteiger partial charge in [-0.15, -0.1) is 11.3 Å². The predicted octanol–water partition coefficient (Wildman–Crippen LogP) is 2.32. The molecule has 2 amide bonds. The van der Waals surface area contributed by atoms with Crippen molar-refractivity contribution in [2.75, 3.05) is 11.5 Å². The van der Waals surface area contributed by atoms with Crippen molar-refractivity contribution in [1.82, 2.24) is 10.6 Å². The van der Waals surface area contributed by atoms with Crippen molar-refractivity contribution >= 4 is 27.2 Å². The second-order valence-electron chi connectivity index (χ2n) is 5.92. The lowest BCUT2D eigenvalue weighted by molar-refractivity contribution is 0.232. The summed E-state index contributed by atoms with van der Waals surface area (Å²) < 4.78 is 22.8. The standard InChI is InChI=1S/C14H22N2O3S2/c1-10(2)8-12(13-4-3-6-20-13)16-14(17)15-11-5-7-21(18,19)9-11/h3-4,6,10-12H,5,7-9H2,1-2H3,(H2,15,16,17)/t11-,12+/m1/s1. The lowest BCUT2D eigenvalue weighted by atomic mass is 10.0. The molecule has 2 N–H and O–H groups in total. The van der Waals surface area contributed by atoms with Crippen LogP contribution in [-0.2, 0) is 9.84 Å². The van der Waals surface area contributed by atoms with Crippen LogP contribution in [0.25, 0.3) is 0 Å². The van der Waals surface area contributed by atoms with Gasteiger partial charge in [0.25, 0.3) is 0 Å². The first kappa shape index (κ1) is 16.3. The minimum Gasteiger partial charge on any atom is -0.334 e. The minimum atomic E-state index is -2.97. The fourth-order valence-corrected chi connectivity index (χ4v) is 4.97. The predicted molar refractivity (Wildman–Crippen MR) is 85.2 cm³/mol. The van der Waals surface area contributed by atoms with E-state index in [2.05, 4.69) is 24.5 Å². The van der Waals surface area contributed by atoms with E-state index in [0.717, 1.165) is 11.3 Å². The van der Waals surface area contributed by atoms with Crippen LogP contribution in [0.15, 0.2) is 17.5 Å². The summed E-state index contributed by atoms with van der Waals surface area (Å²) in [5, 5.41) is 7.74. The van der Waals surface area contributed by atoms with Crippen LogP contribution < -0.4 is 10.6 Å². The maximum absolute atomic E-state index is 12.1. The Hall–Kier alpha value is -1.08. The quantitative estimate of drug-likeness (QED) is 0.870. The first-order valence-corrected chi connectivity index (χ1v) is 9.86. The molecule has 1 aliphatic rings. The molecule has 1 aromatic heterocycles. The molecule has 2 rings (SSSR count). The summed E-state index contributed by atoms with van der Waals surface area (Å²) in [6, 6.07) is 3.41. The molecule has 0 radical (unpaired) electrons. The van der Waals surface area contributed by atoms with Crippen molar-refractivity contribution in [2.24, 2.45) is 5.92 Å². The van der Waals surface area contributed by atoms with Gasteiger partial charge in [0.2, 0.25) is 0 Å². The number of hydrogen-bond acceptors (Lipinski definition) is 4. The second-order valence-corrected chi connectivity index (χ2v) is 9.12. The van der Waals surface area contributed by atoms with Crippen molar-refractivity contribution in [3.05, 3.63) is 22.4 Å². The van der Waals surface area contributed by atoms with Crippen LogP contribution in [0, 0.1) is 5.92 Å². The van der Waals surface area contributed by atoms with Crippen molar-refractivity contribution in [1.29, 1.82) is 0 Å². The molecular weight excluding hydrogens is 308 g/mol. The van der Waals surface area contributed by atoms with Gasteiger partial charge in [-0.3, -0.25) is 0 Å². The zero-order chi connectivity index (χ0) is 15.5. The monoisotopic (exact) mass is 330 g/mol. The van der Waals surface area contributed by atoms with Gasteiger partial charge in [0.1, 0.15) is 0 Å². The van der Waals surface area contributed by atoms with Gasteiger partial charge < -0.3 is 10.6 Å². The number of sulfone groups is 1. The van der Waals surface area contributed by atoms with Crippen LogP contribution in [0.5, 0.6) is 0 Å². The molecule has 1 aromatic rings.